The highest BCUT2D eigenvalue weighted by Crippen LogP contribution is 2.29. The van der Waals surface area contributed by atoms with Crippen LogP contribution in [0.1, 0.15) is 33.3 Å². The minimum Gasteiger partial charge on any atom is -0.504 e. The Morgan fingerprint density at radius 1 is 1.35 bits per heavy atom. The number of aliphatic imine (C=N–C) groups is 1. The molecule has 1 aromatic rings. The number of rotatable bonds is 4. The van der Waals surface area contributed by atoms with E-state index in [0.29, 0.717) is 12.3 Å². The lowest BCUT2D eigenvalue weighted by molar-refractivity contribution is 0.370. The molecule has 0 unspecified atom stereocenters. The third-order valence-corrected chi connectivity index (χ3v) is 2.55. The van der Waals surface area contributed by atoms with Gasteiger partial charge in [-0.25, -0.2) is 4.99 Å². The molecule has 0 spiro atoms. The lowest BCUT2D eigenvalue weighted by atomic mass is 10.1. The molecule has 0 aliphatic rings. The maximum absolute atomic E-state index is 10.0. The van der Waals surface area contributed by atoms with Crippen molar-refractivity contribution in [2.24, 2.45) is 4.99 Å². The van der Waals surface area contributed by atoms with Gasteiger partial charge in [0.25, 0.3) is 0 Å². The summed E-state index contributed by atoms with van der Waals surface area (Å²) in [6.45, 7) is 9.40. The second kappa shape index (κ2) is 7.03. The Kier molecular flexibility index (Phi) is 5.67. The minimum atomic E-state index is -0.0720. The standard InChI is InChI=1S/C15H25N3O2/c1-6-16-14(18-15(2,3)4)17-10-11-8-7-9-12(20-5)13(11)19/h7-9,19H,6,10H2,1-5H3,(H2,16,17,18). The average Bonchev–Trinajstić information content (AvgIpc) is 2.36. The summed E-state index contributed by atoms with van der Waals surface area (Å²) in [6, 6.07) is 5.40. The summed E-state index contributed by atoms with van der Waals surface area (Å²) in [5.74, 6) is 1.33. The third-order valence-electron chi connectivity index (χ3n) is 2.55. The first kappa shape index (κ1) is 16.1. The number of hydrogen-bond donors (Lipinski definition) is 3. The lowest BCUT2D eigenvalue weighted by Gasteiger charge is -2.23. The van der Waals surface area contributed by atoms with Gasteiger partial charge in [0.05, 0.1) is 13.7 Å². The van der Waals surface area contributed by atoms with Crippen LogP contribution in [-0.2, 0) is 6.54 Å². The number of guanidine groups is 1. The highest BCUT2D eigenvalue weighted by molar-refractivity contribution is 5.80. The van der Waals surface area contributed by atoms with Crippen LogP contribution in [0.4, 0.5) is 0 Å². The highest BCUT2D eigenvalue weighted by Gasteiger charge is 2.12. The van der Waals surface area contributed by atoms with Crippen LogP contribution in [-0.4, -0.2) is 30.3 Å². The summed E-state index contributed by atoms with van der Waals surface area (Å²) in [5, 5.41) is 16.5. The van der Waals surface area contributed by atoms with Crippen molar-refractivity contribution in [1.29, 1.82) is 0 Å². The van der Waals surface area contributed by atoms with Gasteiger partial charge in [0.2, 0.25) is 0 Å². The van der Waals surface area contributed by atoms with Crippen molar-refractivity contribution in [3.05, 3.63) is 23.8 Å². The first-order chi connectivity index (χ1) is 9.37. The summed E-state index contributed by atoms with van der Waals surface area (Å²) in [6.07, 6.45) is 0. The molecule has 20 heavy (non-hydrogen) atoms. The SMILES string of the molecule is CCNC(=NCc1cccc(OC)c1O)NC(C)(C)C. The lowest BCUT2D eigenvalue weighted by Crippen LogP contribution is -2.47. The molecule has 0 amide bonds. The molecule has 0 bridgehead atoms. The fourth-order valence-corrected chi connectivity index (χ4v) is 1.69. The van der Waals surface area contributed by atoms with Gasteiger partial charge in [-0.15, -0.1) is 0 Å². The van der Waals surface area contributed by atoms with Gasteiger partial charge in [0.15, 0.2) is 17.5 Å². The van der Waals surface area contributed by atoms with E-state index < -0.39 is 0 Å². The molecule has 1 rings (SSSR count). The molecule has 112 valence electrons. The molecule has 0 aromatic heterocycles. The molecule has 0 fully saturated rings. The van der Waals surface area contributed by atoms with E-state index in [9.17, 15) is 5.11 Å². The Morgan fingerprint density at radius 3 is 2.60 bits per heavy atom. The van der Waals surface area contributed by atoms with E-state index in [2.05, 4.69) is 36.4 Å². The van der Waals surface area contributed by atoms with Crippen LogP contribution in [0.5, 0.6) is 11.5 Å². The zero-order valence-electron chi connectivity index (χ0n) is 12.9. The van der Waals surface area contributed by atoms with Crippen molar-refractivity contribution in [1.82, 2.24) is 10.6 Å². The molecule has 0 saturated carbocycles. The first-order valence-corrected chi connectivity index (χ1v) is 6.78. The zero-order valence-corrected chi connectivity index (χ0v) is 12.9. The summed E-state index contributed by atoms with van der Waals surface area (Å²) in [4.78, 5) is 4.48. The van der Waals surface area contributed by atoms with Gasteiger partial charge in [0, 0.05) is 17.6 Å². The molecule has 0 atom stereocenters. The highest BCUT2D eigenvalue weighted by atomic mass is 16.5. The maximum atomic E-state index is 10.0. The molecule has 5 heteroatoms. The van der Waals surface area contributed by atoms with Crippen LogP contribution >= 0.6 is 0 Å². The predicted octanol–water partition coefficient (Wildman–Crippen LogP) is 2.25. The van der Waals surface area contributed by atoms with Crippen LogP contribution in [0.15, 0.2) is 23.2 Å². The Labute approximate surface area is 121 Å². The van der Waals surface area contributed by atoms with E-state index in [1.54, 1.807) is 6.07 Å². The average molecular weight is 279 g/mol. The summed E-state index contributed by atoms with van der Waals surface area (Å²) in [5.41, 5.74) is 0.660. The maximum Gasteiger partial charge on any atom is 0.191 e. The summed E-state index contributed by atoms with van der Waals surface area (Å²) >= 11 is 0. The molecule has 3 N–H and O–H groups in total. The quantitative estimate of drug-likeness (QED) is 0.584. The zero-order chi connectivity index (χ0) is 15.2. The number of nitrogens with one attached hydrogen (secondary N) is 2. The van der Waals surface area contributed by atoms with Gasteiger partial charge in [-0.05, 0) is 33.8 Å². The molecular weight excluding hydrogens is 254 g/mol. The predicted molar refractivity (Wildman–Crippen MR) is 82.4 cm³/mol. The van der Waals surface area contributed by atoms with Crippen LogP contribution < -0.4 is 15.4 Å². The third kappa shape index (κ3) is 4.99. The number of phenols is 1. The van der Waals surface area contributed by atoms with Gasteiger partial charge in [-0.2, -0.15) is 0 Å². The molecular formula is C15H25N3O2. The monoisotopic (exact) mass is 279 g/mol. The molecule has 0 heterocycles. The minimum absolute atomic E-state index is 0.0720. The van der Waals surface area contributed by atoms with Crippen molar-refractivity contribution in [2.45, 2.75) is 39.8 Å². The number of ether oxygens (including phenoxy) is 1. The number of hydrogen-bond acceptors (Lipinski definition) is 3. The summed E-state index contributed by atoms with van der Waals surface area (Å²) < 4.78 is 5.09. The van der Waals surface area contributed by atoms with Gasteiger partial charge in [0.1, 0.15) is 0 Å². The van der Waals surface area contributed by atoms with E-state index in [1.807, 2.05) is 19.1 Å². The van der Waals surface area contributed by atoms with Crippen LogP contribution in [0.3, 0.4) is 0 Å². The van der Waals surface area contributed by atoms with E-state index in [1.165, 1.54) is 7.11 Å². The van der Waals surface area contributed by atoms with Crippen molar-refractivity contribution in [3.8, 4) is 11.5 Å². The van der Waals surface area contributed by atoms with Crippen molar-refractivity contribution in [3.63, 3.8) is 0 Å². The molecule has 0 radical (unpaired) electrons. The topological polar surface area (TPSA) is 65.9 Å². The van der Waals surface area contributed by atoms with Gasteiger partial charge < -0.3 is 20.5 Å². The number of aromatic hydroxyl groups is 1. The van der Waals surface area contributed by atoms with E-state index in [4.69, 9.17) is 4.74 Å². The Balaban J connectivity index is 2.87. The number of nitrogens with zero attached hydrogens (tertiary/aromatic N) is 1. The Hall–Kier alpha value is -1.91. The molecule has 0 aliphatic heterocycles. The first-order valence-electron chi connectivity index (χ1n) is 6.78. The van der Waals surface area contributed by atoms with Crippen LogP contribution in [0.25, 0.3) is 0 Å². The van der Waals surface area contributed by atoms with Gasteiger partial charge in [-0.1, -0.05) is 12.1 Å². The fraction of sp³-hybridized carbons (Fsp3) is 0.533. The van der Waals surface area contributed by atoms with E-state index >= 15 is 0 Å². The normalized spacial score (nSPS) is 12.2. The Morgan fingerprint density at radius 2 is 2.05 bits per heavy atom. The molecule has 1 aromatic carbocycles. The van der Waals surface area contributed by atoms with Gasteiger partial charge >= 0.3 is 0 Å². The molecule has 0 saturated heterocycles. The second-order valence-corrected chi connectivity index (χ2v) is 5.54. The molecule has 0 aliphatic carbocycles. The number of benzene rings is 1. The smallest absolute Gasteiger partial charge is 0.191 e. The van der Waals surface area contributed by atoms with Gasteiger partial charge in [-0.3, -0.25) is 0 Å². The fourth-order valence-electron chi connectivity index (χ4n) is 1.69. The van der Waals surface area contributed by atoms with Crippen LogP contribution in [0, 0.1) is 0 Å². The van der Waals surface area contributed by atoms with E-state index in [-0.39, 0.29) is 11.3 Å². The largest absolute Gasteiger partial charge is 0.504 e. The Bertz CT molecular complexity index is 465. The summed E-state index contributed by atoms with van der Waals surface area (Å²) in [7, 11) is 1.54. The second-order valence-electron chi connectivity index (χ2n) is 5.54. The van der Waals surface area contributed by atoms with Crippen molar-refractivity contribution < 1.29 is 9.84 Å². The van der Waals surface area contributed by atoms with Crippen molar-refractivity contribution in [2.75, 3.05) is 13.7 Å². The van der Waals surface area contributed by atoms with Crippen molar-refractivity contribution >= 4 is 5.96 Å². The molecule has 5 nitrogen and oxygen atoms in total. The number of para-hydroxylation sites is 1. The van der Waals surface area contributed by atoms with Crippen LogP contribution in [0.2, 0.25) is 0 Å². The number of methoxy groups -OCH3 is 1. The van der Waals surface area contributed by atoms with E-state index in [0.717, 1.165) is 18.1 Å². The number of phenolic OH excluding ortho intramolecular Hbond substituents is 1.